The lowest BCUT2D eigenvalue weighted by Crippen LogP contribution is -2.62. The highest BCUT2D eigenvalue weighted by molar-refractivity contribution is 6.73. The van der Waals surface area contributed by atoms with Gasteiger partial charge in [0.25, 0.3) is 0 Å². The summed E-state index contributed by atoms with van der Waals surface area (Å²) in [5.74, 6) is -0.844. The predicted molar refractivity (Wildman–Crippen MR) is 159 cm³/mol. The number of hydrogen-bond donors (Lipinski definition) is 1. The van der Waals surface area contributed by atoms with Crippen molar-refractivity contribution in [3.63, 3.8) is 0 Å². The quantitative estimate of drug-likeness (QED) is 0.210. The van der Waals surface area contributed by atoms with Crippen LogP contribution in [0.5, 0.6) is 0 Å². The van der Waals surface area contributed by atoms with E-state index in [2.05, 4.69) is 22.5 Å². The van der Waals surface area contributed by atoms with Gasteiger partial charge in [0.1, 0.15) is 5.82 Å². The van der Waals surface area contributed by atoms with Gasteiger partial charge in [-0.2, -0.15) is 18.3 Å². The van der Waals surface area contributed by atoms with E-state index in [-0.39, 0.29) is 43.4 Å². The summed E-state index contributed by atoms with van der Waals surface area (Å²) in [4.78, 5) is 12.2. The highest BCUT2D eigenvalue weighted by Gasteiger charge is 2.64. The fraction of sp³-hybridized carbons (Fsp3) is 0.562. The zero-order valence-corrected chi connectivity index (χ0v) is 25.9. The zero-order chi connectivity index (χ0) is 30.3. The lowest BCUT2D eigenvalue weighted by atomic mass is 9.57. The number of fused-ring (bicyclic) bond motifs is 4. The lowest BCUT2D eigenvalue weighted by molar-refractivity contribution is -0.271. The summed E-state index contributed by atoms with van der Waals surface area (Å²) in [5, 5.41) is 8.43. The molecule has 10 heteroatoms. The minimum Gasteiger partial charge on any atom is -0.403 e. The molecule has 3 atom stereocenters. The van der Waals surface area contributed by atoms with Crippen molar-refractivity contribution in [1.82, 2.24) is 15.1 Å². The van der Waals surface area contributed by atoms with E-state index in [9.17, 15) is 9.18 Å². The minimum atomic E-state index is -4.49. The van der Waals surface area contributed by atoms with Crippen molar-refractivity contribution in [2.45, 2.75) is 102 Å². The van der Waals surface area contributed by atoms with Crippen molar-refractivity contribution in [2.75, 3.05) is 6.54 Å². The van der Waals surface area contributed by atoms with E-state index in [0.29, 0.717) is 24.6 Å². The van der Waals surface area contributed by atoms with Crippen LogP contribution in [0.2, 0.25) is 18.1 Å². The number of amides is 1. The average molecular weight is 604 g/mol. The molecule has 1 N–H and O–H groups in total. The summed E-state index contributed by atoms with van der Waals surface area (Å²) in [5.41, 5.74) is 0.835. The fourth-order valence-corrected chi connectivity index (χ4v) is 10.6. The second kappa shape index (κ2) is 11.4. The Labute approximate surface area is 246 Å². The van der Waals surface area contributed by atoms with Gasteiger partial charge >= 0.3 is 6.18 Å². The van der Waals surface area contributed by atoms with Crippen LogP contribution in [0.15, 0.2) is 42.6 Å². The van der Waals surface area contributed by atoms with Gasteiger partial charge in [-0.05, 0) is 110 Å². The third kappa shape index (κ3) is 5.29. The number of halogens is 4. The molecule has 5 rings (SSSR count). The first-order valence-corrected chi connectivity index (χ1v) is 17.7. The minimum absolute atomic E-state index is 0.100. The Morgan fingerprint density at radius 2 is 1.81 bits per heavy atom. The van der Waals surface area contributed by atoms with Gasteiger partial charge in [-0.15, -0.1) is 0 Å². The van der Waals surface area contributed by atoms with E-state index < -0.39 is 25.5 Å². The van der Waals surface area contributed by atoms with Crippen LogP contribution in [0.25, 0.3) is 16.6 Å². The van der Waals surface area contributed by atoms with Crippen molar-refractivity contribution in [2.24, 2.45) is 5.92 Å². The van der Waals surface area contributed by atoms with E-state index in [1.807, 2.05) is 20.8 Å². The number of benzene rings is 2. The van der Waals surface area contributed by atoms with E-state index in [1.54, 1.807) is 23.0 Å². The average Bonchev–Trinajstić information content (AvgIpc) is 3.31. The van der Waals surface area contributed by atoms with Gasteiger partial charge in [-0.1, -0.05) is 20.8 Å². The molecule has 0 aliphatic heterocycles. The van der Waals surface area contributed by atoms with E-state index in [0.717, 1.165) is 40.6 Å². The molecule has 1 heterocycles. The Morgan fingerprint density at radius 1 is 1.12 bits per heavy atom. The van der Waals surface area contributed by atoms with E-state index >= 15 is 13.2 Å². The van der Waals surface area contributed by atoms with Crippen molar-refractivity contribution in [3.05, 3.63) is 59.5 Å². The molecule has 1 aromatic heterocycles. The fourth-order valence-electron chi connectivity index (χ4n) is 7.57. The summed E-state index contributed by atoms with van der Waals surface area (Å²) in [7, 11) is -2.58. The summed E-state index contributed by atoms with van der Waals surface area (Å²) in [6.45, 7) is 7.63. The van der Waals surface area contributed by atoms with Crippen molar-refractivity contribution in [1.29, 1.82) is 0 Å². The van der Waals surface area contributed by atoms with Gasteiger partial charge in [0.2, 0.25) is 5.91 Å². The number of rotatable bonds is 8. The Morgan fingerprint density at radius 3 is 2.43 bits per heavy atom. The molecule has 5 nitrogen and oxygen atoms in total. The molecule has 2 aliphatic carbocycles. The summed E-state index contributed by atoms with van der Waals surface area (Å²) in [6.07, 6.45) is -0.624. The Hall–Kier alpha value is -2.72. The summed E-state index contributed by atoms with van der Waals surface area (Å²) >= 11 is 0. The first kappa shape index (κ1) is 30.7. The number of carbonyl (C=O) groups excluding carboxylic acids is 1. The number of carbonyl (C=O) groups is 1. The molecule has 1 fully saturated rings. The van der Waals surface area contributed by atoms with Crippen LogP contribution >= 0.6 is 0 Å². The van der Waals surface area contributed by atoms with Crippen LogP contribution in [0.1, 0.15) is 70.9 Å². The van der Waals surface area contributed by atoms with Gasteiger partial charge in [-0.3, -0.25) is 4.79 Å². The van der Waals surface area contributed by atoms with Crippen LogP contribution in [0.3, 0.4) is 0 Å². The molecule has 0 spiro atoms. The summed E-state index contributed by atoms with van der Waals surface area (Å²) in [6, 6.07) is 12.2. The molecular formula is C32H41F4N3O2Si. The van der Waals surface area contributed by atoms with Crippen LogP contribution in [-0.2, 0) is 21.1 Å². The Kier molecular flexibility index (Phi) is 8.35. The van der Waals surface area contributed by atoms with Gasteiger partial charge in [0.15, 0.2) is 13.9 Å². The SMILES string of the molecule is CC[Si](CC)(CC)O[C@]1(C(F)(F)F)CC[C@@]2(CNC(C)=O)c3cc4cnn(-c5ccc(F)cc5)c4cc3CCC[C@@H]2C1. The zero-order valence-electron chi connectivity index (χ0n) is 24.9. The predicted octanol–water partition coefficient (Wildman–Crippen LogP) is 8.00. The largest absolute Gasteiger partial charge is 0.416 e. The van der Waals surface area contributed by atoms with Crippen molar-refractivity contribution < 1.29 is 26.8 Å². The number of aryl methyl sites for hydroxylation is 1. The highest BCUT2D eigenvalue weighted by atomic mass is 28.4. The Bertz CT molecular complexity index is 1430. The first-order chi connectivity index (χ1) is 19.9. The highest BCUT2D eigenvalue weighted by Crippen LogP contribution is 2.58. The van der Waals surface area contributed by atoms with Crippen LogP contribution in [-0.4, -0.2) is 42.3 Å². The summed E-state index contributed by atoms with van der Waals surface area (Å²) < 4.78 is 67.2. The molecule has 1 saturated carbocycles. The second-order valence-corrected chi connectivity index (χ2v) is 17.0. The molecule has 0 unspecified atom stereocenters. The molecule has 0 bridgehead atoms. The van der Waals surface area contributed by atoms with E-state index in [1.165, 1.54) is 19.1 Å². The standard InChI is InChI=1S/C32H41F4N3O2Si/c1-5-42(6-2,7-3)41-31(32(34,35)36)16-15-30(21-37-22(4)40)25(19-31)10-8-9-23-18-29-24(17-28(23)30)20-38-39(29)27-13-11-26(33)12-14-27/h11-14,17-18,20,25H,5-10,15-16,19,21H2,1-4H3,(H,37,40)/t25-,30+,31-/m1/s1. The molecular weight excluding hydrogens is 562 g/mol. The van der Waals surface area contributed by atoms with Crippen LogP contribution in [0, 0.1) is 11.7 Å². The molecule has 0 saturated heterocycles. The maximum Gasteiger partial charge on any atom is 0.416 e. The number of alkyl halides is 3. The molecule has 2 aliphatic rings. The van der Waals surface area contributed by atoms with Gasteiger partial charge in [0, 0.05) is 24.3 Å². The normalized spacial score (nSPS) is 24.6. The maximum absolute atomic E-state index is 15.1. The first-order valence-electron chi connectivity index (χ1n) is 15.2. The number of hydrogen-bond acceptors (Lipinski definition) is 3. The van der Waals surface area contributed by atoms with Gasteiger partial charge in [-0.25, -0.2) is 9.07 Å². The van der Waals surface area contributed by atoms with Crippen LogP contribution in [0.4, 0.5) is 17.6 Å². The topological polar surface area (TPSA) is 56.1 Å². The number of nitrogens with zero attached hydrogens (tertiary/aromatic N) is 2. The maximum atomic E-state index is 15.1. The monoisotopic (exact) mass is 603 g/mol. The van der Waals surface area contributed by atoms with Gasteiger partial charge < -0.3 is 9.74 Å². The molecule has 1 amide bonds. The third-order valence-electron chi connectivity index (χ3n) is 10.2. The van der Waals surface area contributed by atoms with Crippen molar-refractivity contribution in [3.8, 4) is 5.69 Å². The van der Waals surface area contributed by atoms with Crippen LogP contribution < -0.4 is 5.32 Å². The number of aromatic nitrogens is 2. The smallest absolute Gasteiger partial charge is 0.403 e. The Balaban J connectivity index is 1.62. The lowest BCUT2D eigenvalue weighted by Gasteiger charge is -2.54. The second-order valence-electron chi connectivity index (χ2n) is 12.3. The molecule has 3 aromatic rings. The molecule has 228 valence electrons. The van der Waals surface area contributed by atoms with Gasteiger partial charge in [0.05, 0.1) is 17.4 Å². The van der Waals surface area contributed by atoms with Crippen molar-refractivity contribution >= 4 is 25.1 Å². The third-order valence-corrected chi connectivity index (χ3v) is 14.9. The molecule has 0 radical (unpaired) electrons. The van der Waals surface area contributed by atoms with E-state index in [4.69, 9.17) is 4.43 Å². The number of nitrogens with one attached hydrogen (secondary N) is 1. The molecule has 42 heavy (non-hydrogen) atoms. The molecule has 2 aromatic carbocycles.